The molecule has 0 unspecified atom stereocenters. The molecule has 7 nitrogen and oxygen atoms in total. The lowest BCUT2D eigenvalue weighted by molar-refractivity contribution is -0.115. The molecule has 1 aliphatic carbocycles. The van der Waals surface area contributed by atoms with Crippen LogP contribution in [-0.4, -0.2) is 43.4 Å². The molecule has 1 aromatic heterocycles. The number of H-pyrrole nitrogens is 1. The van der Waals surface area contributed by atoms with E-state index < -0.39 is 21.7 Å². The molecule has 1 heterocycles. The number of hydrogen-bond acceptors (Lipinski definition) is 5. The third kappa shape index (κ3) is 4.34. The molecule has 23 heavy (non-hydrogen) atoms. The Hall–Kier alpha value is -1.83. The second-order valence-corrected chi connectivity index (χ2v) is 8.20. The highest BCUT2D eigenvalue weighted by Gasteiger charge is 2.29. The summed E-state index contributed by atoms with van der Waals surface area (Å²) in [4.78, 5) is 26.4. The summed E-state index contributed by atoms with van der Waals surface area (Å²) in [5.74, 6) is -1.19. The average molecular weight is 342 g/mol. The zero-order valence-corrected chi connectivity index (χ0v) is 14.2. The molecule has 8 heteroatoms. The van der Waals surface area contributed by atoms with Gasteiger partial charge >= 0.3 is 5.97 Å². The van der Waals surface area contributed by atoms with Gasteiger partial charge in [-0.25, -0.2) is 13.2 Å². The SMILES string of the molecule is COC(=O)c1[nH]c(C)cc1NC(=O)CCS(=O)(=O)C1CCCC1. The minimum Gasteiger partial charge on any atom is -0.464 e. The van der Waals surface area contributed by atoms with Crippen molar-refractivity contribution in [2.75, 3.05) is 18.2 Å². The van der Waals surface area contributed by atoms with Crippen LogP contribution in [0.1, 0.15) is 48.3 Å². The van der Waals surface area contributed by atoms with Gasteiger partial charge in [0.05, 0.1) is 23.8 Å². The second-order valence-electron chi connectivity index (χ2n) is 5.80. The van der Waals surface area contributed by atoms with E-state index in [4.69, 9.17) is 0 Å². The summed E-state index contributed by atoms with van der Waals surface area (Å²) in [5, 5.41) is 2.26. The van der Waals surface area contributed by atoms with Crippen molar-refractivity contribution < 1.29 is 22.7 Å². The predicted molar refractivity (Wildman–Crippen MR) is 86.2 cm³/mol. The lowest BCUT2D eigenvalue weighted by Crippen LogP contribution is -2.24. The lowest BCUT2D eigenvalue weighted by atomic mass is 10.3. The Kier molecular flexibility index (Phi) is 5.46. The molecule has 0 radical (unpaired) electrons. The molecule has 0 bridgehead atoms. The number of sulfone groups is 1. The van der Waals surface area contributed by atoms with Gasteiger partial charge in [-0.15, -0.1) is 0 Å². The third-order valence-corrected chi connectivity index (χ3v) is 6.30. The molecular formula is C15H22N2O5S. The Balaban J connectivity index is 1.96. The van der Waals surface area contributed by atoms with E-state index in [2.05, 4.69) is 15.0 Å². The fourth-order valence-electron chi connectivity index (χ4n) is 2.81. The van der Waals surface area contributed by atoms with Crippen molar-refractivity contribution in [3.05, 3.63) is 17.5 Å². The summed E-state index contributed by atoms with van der Waals surface area (Å²) >= 11 is 0. The van der Waals surface area contributed by atoms with Crippen molar-refractivity contribution in [1.82, 2.24) is 4.98 Å². The van der Waals surface area contributed by atoms with Gasteiger partial charge in [-0.3, -0.25) is 4.79 Å². The molecule has 1 amide bonds. The van der Waals surface area contributed by atoms with Gasteiger partial charge in [-0.2, -0.15) is 0 Å². The Bertz CT molecular complexity index is 687. The van der Waals surface area contributed by atoms with Gasteiger partial charge in [0.25, 0.3) is 0 Å². The standard InChI is InChI=1S/C15H22N2O5S/c1-10-9-12(14(16-10)15(19)22-2)17-13(18)7-8-23(20,21)11-5-3-4-6-11/h9,11,16H,3-8H2,1-2H3,(H,17,18). The molecule has 2 N–H and O–H groups in total. The van der Waals surface area contributed by atoms with Crippen molar-refractivity contribution >= 4 is 27.4 Å². The fourth-order valence-corrected chi connectivity index (χ4v) is 4.67. The first-order chi connectivity index (χ1) is 10.8. The van der Waals surface area contributed by atoms with Crippen molar-refractivity contribution in [2.24, 2.45) is 0 Å². The molecule has 128 valence electrons. The zero-order chi connectivity index (χ0) is 17.0. The molecule has 2 rings (SSSR count). The molecule has 0 spiro atoms. The van der Waals surface area contributed by atoms with Crippen LogP contribution in [0.25, 0.3) is 0 Å². The van der Waals surface area contributed by atoms with Gasteiger partial charge in [0.15, 0.2) is 9.84 Å². The molecule has 0 aliphatic heterocycles. The highest BCUT2D eigenvalue weighted by Crippen LogP contribution is 2.25. The van der Waals surface area contributed by atoms with Gasteiger partial charge in [-0.1, -0.05) is 12.8 Å². The van der Waals surface area contributed by atoms with Crippen molar-refractivity contribution in [2.45, 2.75) is 44.3 Å². The Morgan fingerprint density at radius 2 is 2.00 bits per heavy atom. The van der Waals surface area contributed by atoms with Crippen LogP contribution in [0, 0.1) is 6.92 Å². The number of ether oxygens (including phenoxy) is 1. The molecular weight excluding hydrogens is 320 g/mol. The number of carbonyl (C=O) groups excluding carboxylic acids is 2. The van der Waals surface area contributed by atoms with E-state index in [1.54, 1.807) is 13.0 Å². The van der Waals surface area contributed by atoms with Gasteiger partial charge in [0.1, 0.15) is 5.69 Å². The molecule has 1 saturated carbocycles. The number of nitrogens with one attached hydrogen (secondary N) is 2. The lowest BCUT2D eigenvalue weighted by Gasteiger charge is -2.11. The van der Waals surface area contributed by atoms with Gasteiger partial charge < -0.3 is 15.0 Å². The fraction of sp³-hybridized carbons (Fsp3) is 0.600. The van der Waals surface area contributed by atoms with Crippen LogP contribution in [0.15, 0.2) is 6.07 Å². The molecule has 1 fully saturated rings. The molecule has 0 atom stereocenters. The number of esters is 1. The van der Waals surface area contributed by atoms with Crippen LogP contribution in [0.5, 0.6) is 0 Å². The Labute approximate surface area is 135 Å². The van der Waals surface area contributed by atoms with Crippen LogP contribution in [-0.2, 0) is 19.4 Å². The number of hydrogen-bond donors (Lipinski definition) is 2. The number of carbonyl (C=O) groups is 2. The first-order valence-corrected chi connectivity index (χ1v) is 9.34. The van der Waals surface area contributed by atoms with E-state index in [0.29, 0.717) is 24.2 Å². The smallest absolute Gasteiger partial charge is 0.356 e. The number of methoxy groups -OCH3 is 1. The van der Waals surface area contributed by atoms with E-state index in [1.165, 1.54) is 7.11 Å². The van der Waals surface area contributed by atoms with Crippen molar-refractivity contribution in [3.63, 3.8) is 0 Å². The largest absolute Gasteiger partial charge is 0.464 e. The number of aromatic nitrogens is 1. The Morgan fingerprint density at radius 3 is 2.61 bits per heavy atom. The van der Waals surface area contributed by atoms with E-state index >= 15 is 0 Å². The van der Waals surface area contributed by atoms with Crippen LogP contribution in [0.2, 0.25) is 0 Å². The number of amides is 1. The summed E-state index contributed by atoms with van der Waals surface area (Å²) < 4.78 is 28.9. The molecule has 0 saturated heterocycles. The normalized spacial score (nSPS) is 15.6. The van der Waals surface area contributed by atoms with E-state index in [-0.39, 0.29) is 23.1 Å². The Morgan fingerprint density at radius 1 is 1.35 bits per heavy atom. The summed E-state index contributed by atoms with van der Waals surface area (Å²) in [7, 11) is -1.99. The third-order valence-electron chi connectivity index (χ3n) is 4.04. The highest BCUT2D eigenvalue weighted by atomic mass is 32.2. The molecule has 1 aromatic rings. The van der Waals surface area contributed by atoms with Crippen LogP contribution >= 0.6 is 0 Å². The summed E-state index contributed by atoms with van der Waals surface area (Å²) in [5.41, 5.74) is 1.15. The molecule has 1 aliphatic rings. The van der Waals surface area contributed by atoms with Crippen LogP contribution < -0.4 is 5.32 Å². The number of anilines is 1. The van der Waals surface area contributed by atoms with Gasteiger partial charge in [0, 0.05) is 12.1 Å². The topological polar surface area (TPSA) is 105 Å². The number of aromatic amines is 1. The van der Waals surface area contributed by atoms with E-state index in [0.717, 1.165) is 12.8 Å². The maximum Gasteiger partial charge on any atom is 0.356 e. The number of aryl methyl sites for hydroxylation is 1. The highest BCUT2D eigenvalue weighted by molar-refractivity contribution is 7.92. The van der Waals surface area contributed by atoms with Crippen LogP contribution in [0.3, 0.4) is 0 Å². The molecule has 0 aromatic carbocycles. The van der Waals surface area contributed by atoms with E-state index in [9.17, 15) is 18.0 Å². The van der Waals surface area contributed by atoms with Crippen LogP contribution in [0.4, 0.5) is 5.69 Å². The first-order valence-electron chi connectivity index (χ1n) is 7.63. The van der Waals surface area contributed by atoms with Crippen molar-refractivity contribution in [1.29, 1.82) is 0 Å². The summed E-state index contributed by atoms with van der Waals surface area (Å²) in [6.45, 7) is 1.74. The van der Waals surface area contributed by atoms with Gasteiger partial charge in [-0.05, 0) is 25.8 Å². The maximum atomic E-state index is 12.2. The quantitative estimate of drug-likeness (QED) is 0.767. The maximum absolute atomic E-state index is 12.2. The monoisotopic (exact) mass is 342 g/mol. The van der Waals surface area contributed by atoms with Crippen molar-refractivity contribution in [3.8, 4) is 0 Å². The van der Waals surface area contributed by atoms with Gasteiger partial charge in [0.2, 0.25) is 5.91 Å². The van der Waals surface area contributed by atoms with E-state index in [1.807, 2.05) is 0 Å². The average Bonchev–Trinajstić information content (AvgIpc) is 3.15. The minimum absolute atomic E-state index is 0.121. The second kappa shape index (κ2) is 7.16. The zero-order valence-electron chi connectivity index (χ0n) is 13.3. The minimum atomic E-state index is -3.23. The summed E-state index contributed by atoms with van der Waals surface area (Å²) in [6.07, 6.45) is 3.12. The first kappa shape index (κ1) is 17.5. The summed E-state index contributed by atoms with van der Waals surface area (Å²) in [6, 6.07) is 1.61. The number of rotatable bonds is 6. The predicted octanol–water partition coefficient (Wildman–Crippen LogP) is 1.80.